The first kappa shape index (κ1) is 25.3. The van der Waals surface area contributed by atoms with Crippen molar-refractivity contribution in [1.29, 1.82) is 0 Å². The third-order valence-electron chi connectivity index (χ3n) is 6.28. The largest absolute Gasteiger partial charge is 0.481 e. The second-order valence-corrected chi connectivity index (χ2v) is 9.33. The number of hydrogen-bond acceptors (Lipinski definition) is 5. The summed E-state index contributed by atoms with van der Waals surface area (Å²) in [7, 11) is 3.23. The first-order valence-corrected chi connectivity index (χ1v) is 11.7. The van der Waals surface area contributed by atoms with Crippen LogP contribution in [0.2, 0.25) is 10.0 Å². The Kier molecular flexibility index (Phi) is 7.28. The maximum Gasteiger partial charge on any atom is 0.433 e. The molecule has 0 aliphatic heterocycles. The lowest BCUT2D eigenvalue weighted by atomic mass is 9.89. The van der Waals surface area contributed by atoms with Crippen molar-refractivity contribution in [1.82, 2.24) is 15.3 Å². The van der Waals surface area contributed by atoms with E-state index in [1.807, 2.05) is 4.90 Å². The second-order valence-electron chi connectivity index (χ2n) is 8.48. The van der Waals surface area contributed by atoms with Gasteiger partial charge in [0.1, 0.15) is 5.69 Å². The molecule has 0 atom stereocenters. The highest BCUT2D eigenvalue weighted by Crippen LogP contribution is 2.37. The summed E-state index contributed by atoms with van der Waals surface area (Å²) in [4.78, 5) is 22.3. The molecule has 1 amide bonds. The van der Waals surface area contributed by atoms with Gasteiger partial charge in [-0.2, -0.15) is 13.2 Å². The number of fused-ring (bicyclic) bond motifs is 1. The van der Waals surface area contributed by atoms with Crippen LogP contribution in [0.3, 0.4) is 0 Å². The summed E-state index contributed by atoms with van der Waals surface area (Å²) in [6, 6.07) is 7.11. The summed E-state index contributed by atoms with van der Waals surface area (Å²) in [5.41, 5.74) is -0.0120. The highest BCUT2D eigenvalue weighted by molar-refractivity contribution is 6.33. The number of nitrogens with one attached hydrogen (secondary N) is 1. The average molecular weight is 527 g/mol. The van der Waals surface area contributed by atoms with Crippen molar-refractivity contribution in [2.24, 2.45) is 0 Å². The standard InChI is InChI=1S/C24H23Cl2F3N4O2/c1-33(20-11-21(24(27,28)29)32-19-8-3-13(25)9-17(19)20)15-6-4-14(5-7-15)31-23(34)16-10-22(35-2)30-12-18(16)26/h3,8-12,14-15H,4-7H2,1-2H3,(H,31,34). The first-order chi connectivity index (χ1) is 16.6. The minimum absolute atomic E-state index is 0.0153. The molecule has 0 unspecified atom stereocenters. The molecule has 6 nitrogen and oxygen atoms in total. The number of pyridine rings is 2. The SMILES string of the molecule is COc1cc(C(=O)NC2CCC(N(C)c3cc(C(F)(F)F)nc4ccc(Cl)cc34)CC2)c(Cl)cn1. The van der Waals surface area contributed by atoms with Crippen LogP contribution in [0, 0.1) is 0 Å². The van der Waals surface area contributed by atoms with Crippen LogP contribution < -0.4 is 15.0 Å². The zero-order chi connectivity index (χ0) is 25.3. The smallest absolute Gasteiger partial charge is 0.433 e. The number of carbonyl (C=O) groups is 1. The normalized spacial score (nSPS) is 18.4. The fraction of sp³-hybridized carbons (Fsp3) is 0.375. The van der Waals surface area contributed by atoms with Gasteiger partial charge in [-0.1, -0.05) is 23.2 Å². The van der Waals surface area contributed by atoms with E-state index in [0.717, 1.165) is 6.07 Å². The van der Waals surface area contributed by atoms with Crippen LogP contribution in [0.4, 0.5) is 18.9 Å². The third kappa shape index (κ3) is 5.56. The summed E-state index contributed by atoms with van der Waals surface area (Å²) < 4.78 is 45.6. The van der Waals surface area contributed by atoms with Crippen LogP contribution in [0.1, 0.15) is 41.7 Å². The van der Waals surface area contributed by atoms with Crippen molar-refractivity contribution >= 4 is 45.7 Å². The van der Waals surface area contributed by atoms with Gasteiger partial charge in [0, 0.05) is 41.3 Å². The monoisotopic (exact) mass is 526 g/mol. The highest BCUT2D eigenvalue weighted by atomic mass is 35.5. The predicted octanol–water partition coefficient (Wildman–Crippen LogP) is 6.14. The van der Waals surface area contributed by atoms with E-state index in [1.165, 1.54) is 31.5 Å². The summed E-state index contributed by atoms with van der Waals surface area (Å²) >= 11 is 12.3. The number of nitrogens with zero attached hydrogens (tertiary/aromatic N) is 3. The predicted molar refractivity (Wildman–Crippen MR) is 129 cm³/mol. The average Bonchev–Trinajstić information content (AvgIpc) is 2.83. The van der Waals surface area contributed by atoms with E-state index in [9.17, 15) is 18.0 Å². The van der Waals surface area contributed by atoms with Crippen molar-refractivity contribution in [3.8, 4) is 5.88 Å². The number of rotatable bonds is 5. The zero-order valence-corrected chi connectivity index (χ0v) is 20.5. The zero-order valence-electron chi connectivity index (χ0n) is 19.0. The van der Waals surface area contributed by atoms with E-state index >= 15 is 0 Å². The van der Waals surface area contributed by atoms with Crippen molar-refractivity contribution in [3.05, 3.63) is 57.8 Å². The van der Waals surface area contributed by atoms with Gasteiger partial charge in [0.2, 0.25) is 5.88 Å². The van der Waals surface area contributed by atoms with Crippen LogP contribution >= 0.6 is 23.2 Å². The quantitative estimate of drug-likeness (QED) is 0.432. The molecule has 1 saturated carbocycles. The highest BCUT2D eigenvalue weighted by Gasteiger charge is 2.35. The minimum atomic E-state index is -4.57. The van der Waals surface area contributed by atoms with E-state index in [1.54, 1.807) is 13.1 Å². The molecule has 2 heterocycles. The molecular weight excluding hydrogens is 504 g/mol. The van der Waals surface area contributed by atoms with E-state index < -0.39 is 11.9 Å². The molecule has 1 N–H and O–H groups in total. The molecule has 11 heteroatoms. The van der Waals surface area contributed by atoms with Gasteiger partial charge >= 0.3 is 6.18 Å². The van der Waals surface area contributed by atoms with E-state index in [0.29, 0.717) is 41.8 Å². The number of hydrogen-bond donors (Lipinski definition) is 1. The molecular formula is C24H23Cl2F3N4O2. The molecule has 0 bridgehead atoms. The summed E-state index contributed by atoms with van der Waals surface area (Å²) in [6.07, 6.45) is -0.516. The van der Waals surface area contributed by atoms with Crippen molar-refractivity contribution in [2.75, 3.05) is 19.1 Å². The molecule has 2 aromatic heterocycles. The third-order valence-corrected chi connectivity index (χ3v) is 6.82. The summed E-state index contributed by atoms with van der Waals surface area (Å²) in [5, 5.41) is 4.20. The van der Waals surface area contributed by atoms with E-state index in [-0.39, 0.29) is 40.0 Å². The molecule has 35 heavy (non-hydrogen) atoms. The molecule has 1 aliphatic carbocycles. The van der Waals surface area contributed by atoms with Gasteiger partial charge in [0.15, 0.2) is 0 Å². The van der Waals surface area contributed by atoms with E-state index in [2.05, 4.69) is 15.3 Å². The molecule has 4 rings (SSSR count). The van der Waals surface area contributed by atoms with E-state index in [4.69, 9.17) is 27.9 Å². The van der Waals surface area contributed by atoms with Crippen LogP contribution in [0.5, 0.6) is 5.88 Å². The summed E-state index contributed by atoms with van der Waals surface area (Å²) in [6.45, 7) is 0. The Morgan fingerprint density at radius 1 is 1.14 bits per heavy atom. The first-order valence-electron chi connectivity index (χ1n) is 11.0. The molecule has 1 fully saturated rings. The summed E-state index contributed by atoms with van der Waals surface area (Å²) in [5.74, 6) is -0.0371. The molecule has 0 saturated heterocycles. The molecule has 3 aromatic rings. The Hall–Kier alpha value is -2.78. The van der Waals surface area contributed by atoms with Gasteiger partial charge in [-0.05, 0) is 49.9 Å². The number of benzene rings is 1. The molecule has 186 valence electrons. The minimum Gasteiger partial charge on any atom is -0.481 e. The number of methoxy groups -OCH3 is 1. The lowest BCUT2D eigenvalue weighted by Crippen LogP contribution is -2.43. The Morgan fingerprint density at radius 3 is 2.51 bits per heavy atom. The maximum absolute atomic E-state index is 13.5. The van der Waals surface area contributed by atoms with Gasteiger partial charge in [0.25, 0.3) is 5.91 Å². The lowest BCUT2D eigenvalue weighted by molar-refractivity contribution is -0.140. The fourth-order valence-corrected chi connectivity index (χ4v) is 4.75. The number of ether oxygens (including phenoxy) is 1. The Balaban J connectivity index is 1.49. The number of halogens is 5. The van der Waals surface area contributed by atoms with Crippen LogP contribution in [0.15, 0.2) is 36.5 Å². The molecule has 0 spiro atoms. The number of carbonyl (C=O) groups excluding carboxylic acids is 1. The van der Waals surface area contributed by atoms with Crippen LogP contribution in [0.25, 0.3) is 10.9 Å². The molecule has 1 aliphatic rings. The molecule has 1 aromatic carbocycles. The van der Waals surface area contributed by atoms with Crippen molar-refractivity contribution in [2.45, 2.75) is 43.9 Å². The van der Waals surface area contributed by atoms with Gasteiger partial charge in [-0.3, -0.25) is 4.79 Å². The topological polar surface area (TPSA) is 67.3 Å². The second kappa shape index (κ2) is 10.1. The Morgan fingerprint density at radius 2 is 1.86 bits per heavy atom. The van der Waals surface area contributed by atoms with Crippen LogP contribution in [-0.4, -0.2) is 42.1 Å². The number of aromatic nitrogens is 2. The maximum atomic E-state index is 13.5. The number of amides is 1. The van der Waals surface area contributed by atoms with Gasteiger partial charge in [-0.25, -0.2) is 9.97 Å². The van der Waals surface area contributed by atoms with Gasteiger partial charge in [-0.15, -0.1) is 0 Å². The number of alkyl halides is 3. The van der Waals surface area contributed by atoms with Crippen LogP contribution in [-0.2, 0) is 6.18 Å². The number of anilines is 1. The van der Waals surface area contributed by atoms with Gasteiger partial charge in [0.05, 0.1) is 29.4 Å². The van der Waals surface area contributed by atoms with Crippen molar-refractivity contribution < 1.29 is 22.7 Å². The Bertz CT molecular complexity index is 1250. The lowest BCUT2D eigenvalue weighted by Gasteiger charge is -2.37. The van der Waals surface area contributed by atoms with Gasteiger partial charge < -0.3 is 15.0 Å². The fourth-order valence-electron chi connectivity index (χ4n) is 4.39. The molecule has 0 radical (unpaired) electrons. The van der Waals surface area contributed by atoms with Crippen molar-refractivity contribution in [3.63, 3.8) is 0 Å². The Labute approximate surface area is 210 Å².